The second kappa shape index (κ2) is 5.28. The van der Waals surface area contributed by atoms with Gasteiger partial charge in [-0.2, -0.15) is 0 Å². The SMILES string of the molecule is CC(CN)NC1CCN(C(C)(C)C)CC1. The Labute approximate surface area is 94.4 Å². The number of nitrogens with one attached hydrogen (secondary N) is 1. The van der Waals surface area contributed by atoms with Crippen molar-refractivity contribution in [2.24, 2.45) is 5.73 Å². The first-order chi connectivity index (χ1) is 6.93. The lowest BCUT2D eigenvalue weighted by molar-refractivity contribution is 0.0944. The number of piperidine rings is 1. The Morgan fingerprint density at radius 1 is 1.33 bits per heavy atom. The molecule has 0 radical (unpaired) electrons. The molecule has 0 aromatic carbocycles. The molecule has 1 heterocycles. The average molecular weight is 213 g/mol. The van der Waals surface area contributed by atoms with Crippen molar-refractivity contribution in [2.45, 2.75) is 58.2 Å². The van der Waals surface area contributed by atoms with E-state index in [9.17, 15) is 0 Å². The number of nitrogens with zero attached hydrogens (tertiary/aromatic N) is 1. The van der Waals surface area contributed by atoms with Gasteiger partial charge in [0.05, 0.1) is 0 Å². The van der Waals surface area contributed by atoms with E-state index in [1.165, 1.54) is 25.9 Å². The Kier molecular flexibility index (Phi) is 4.56. The molecule has 3 nitrogen and oxygen atoms in total. The smallest absolute Gasteiger partial charge is 0.0164 e. The maximum atomic E-state index is 5.61. The van der Waals surface area contributed by atoms with Crippen molar-refractivity contribution in [3.05, 3.63) is 0 Å². The third-order valence-electron chi connectivity index (χ3n) is 3.32. The van der Waals surface area contributed by atoms with E-state index in [1.54, 1.807) is 0 Å². The zero-order valence-electron chi connectivity index (χ0n) is 10.7. The standard InChI is InChI=1S/C12H27N3/c1-10(9-13)14-11-5-7-15(8-6-11)12(2,3)4/h10-11,14H,5-9,13H2,1-4H3. The minimum Gasteiger partial charge on any atom is -0.329 e. The molecule has 0 aromatic rings. The van der Waals surface area contributed by atoms with Gasteiger partial charge >= 0.3 is 0 Å². The molecule has 1 fully saturated rings. The molecule has 90 valence electrons. The minimum atomic E-state index is 0.324. The molecule has 15 heavy (non-hydrogen) atoms. The maximum absolute atomic E-state index is 5.61. The summed E-state index contributed by atoms with van der Waals surface area (Å²) in [4.78, 5) is 2.57. The first-order valence-electron chi connectivity index (χ1n) is 6.14. The van der Waals surface area contributed by atoms with Gasteiger partial charge in [0.15, 0.2) is 0 Å². The molecule has 1 atom stereocenters. The van der Waals surface area contributed by atoms with Crippen LogP contribution in [0.25, 0.3) is 0 Å². The molecule has 0 amide bonds. The summed E-state index contributed by atoms with van der Waals surface area (Å²) in [5.41, 5.74) is 5.94. The molecule has 3 N–H and O–H groups in total. The molecule has 1 rings (SSSR count). The Bertz CT molecular complexity index is 178. The van der Waals surface area contributed by atoms with Gasteiger partial charge in [0.25, 0.3) is 0 Å². The van der Waals surface area contributed by atoms with E-state index < -0.39 is 0 Å². The fourth-order valence-electron chi connectivity index (χ4n) is 2.19. The summed E-state index contributed by atoms with van der Waals surface area (Å²) < 4.78 is 0. The maximum Gasteiger partial charge on any atom is 0.0164 e. The van der Waals surface area contributed by atoms with Gasteiger partial charge in [0, 0.05) is 37.3 Å². The highest BCUT2D eigenvalue weighted by Crippen LogP contribution is 2.20. The zero-order chi connectivity index (χ0) is 11.5. The molecule has 0 bridgehead atoms. The Hall–Kier alpha value is -0.120. The first kappa shape index (κ1) is 12.9. The lowest BCUT2D eigenvalue weighted by Crippen LogP contribution is -2.52. The molecule has 0 aromatic heterocycles. The van der Waals surface area contributed by atoms with E-state index in [2.05, 4.69) is 37.9 Å². The van der Waals surface area contributed by atoms with E-state index in [-0.39, 0.29) is 0 Å². The summed E-state index contributed by atoms with van der Waals surface area (Å²) in [6.07, 6.45) is 2.50. The van der Waals surface area contributed by atoms with Gasteiger partial charge in [0.1, 0.15) is 0 Å². The van der Waals surface area contributed by atoms with Gasteiger partial charge in [-0.05, 0) is 40.5 Å². The number of hydrogen-bond donors (Lipinski definition) is 2. The Balaban J connectivity index is 2.30. The van der Waals surface area contributed by atoms with Crippen molar-refractivity contribution >= 4 is 0 Å². The monoisotopic (exact) mass is 213 g/mol. The molecule has 0 aliphatic carbocycles. The van der Waals surface area contributed by atoms with Crippen molar-refractivity contribution in [1.29, 1.82) is 0 Å². The molecule has 0 saturated carbocycles. The molecule has 1 saturated heterocycles. The molecule has 1 unspecified atom stereocenters. The molecular formula is C12H27N3. The third-order valence-corrected chi connectivity index (χ3v) is 3.32. The summed E-state index contributed by atoms with van der Waals surface area (Å²) in [5, 5.41) is 3.59. The van der Waals surface area contributed by atoms with Crippen LogP contribution in [0.1, 0.15) is 40.5 Å². The fraction of sp³-hybridized carbons (Fsp3) is 1.00. The van der Waals surface area contributed by atoms with E-state index in [0.29, 0.717) is 17.6 Å². The van der Waals surface area contributed by atoms with Crippen LogP contribution in [-0.2, 0) is 0 Å². The second-order valence-corrected chi connectivity index (χ2v) is 5.74. The highest BCUT2D eigenvalue weighted by atomic mass is 15.2. The van der Waals surface area contributed by atoms with Crippen LogP contribution in [0.15, 0.2) is 0 Å². The van der Waals surface area contributed by atoms with Gasteiger partial charge in [-0.25, -0.2) is 0 Å². The number of likely N-dealkylation sites (tertiary alicyclic amines) is 1. The van der Waals surface area contributed by atoms with E-state index >= 15 is 0 Å². The van der Waals surface area contributed by atoms with Crippen LogP contribution in [0.2, 0.25) is 0 Å². The number of nitrogens with two attached hydrogens (primary N) is 1. The van der Waals surface area contributed by atoms with Gasteiger partial charge in [-0.3, -0.25) is 4.90 Å². The van der Waals surface area contributed by atoms with Gasteiger partial charge < -0.3 is 11.1 Å². The molecular weight excluding hydrogens is 186 g/mol. The van der Waals surface area contributed by atoms with E-state index in [1.807, 2.05) is 0 Å². The van der Waals surface area contributed by atoms with E-state index in [0.717, 1.165) is 6.54 Å². The van der Waals surface area contributed by atoms with Crippen molar-refractivity contribution < 1.29 is 0 Å². The highest BCUT2D eigenvalue weighted by Gasteiger charge is 2.26. The largest absolute Gasteiger partial charge is 0.329 e. The zero-order valence-corrected chi connectivity index (χ0v) is 10.7. The Morgan fingerprint density at radius 3 is 2.27 bits per heavy atom. The van der Waals surface area contributed by atoms with Gasteiger partial charge in [-0.15, -0.1) is 0 Å². The summed E-state index contributed by atoms with van der Waals surface area (Å²) in [6, 6.07) is 1.12. The second-order valence-electron chi connectivity index (χ2n) is 5.74. The van der Waals surface area contributed by atoms with Crippen LogP contribution in [0, 0.1) is 0 Å². The Morgan fingerprint density at radius 2 is 1.87 bits per heavy atom. The fourth-order valence-corrected chi connectivity index (χ4v) is 2.19. The van der Waals surface area contributed by atoms with Crippen molar-refractivity contribution in [2.75, 3.05) is 19.6 Å². The lowest BCUT2D eigenvalue weighted by Gasteiger charge is -2.41. The molecule has 1 aliphatic rings. The van der Waals surface area contributed by atoms with Gasteiger partial charge in [-0.1, -0.05) is 0 Å². The van der Waals surface area contributed by atoms with Crippen LogP contribution >= 0.6 is 0 Å². The van der Waals surface area contributed by atoms with Gasteiger partial charge in [0.2, 0.25) is 0 Å². The van der Waals surface area contributed by atoms with Crippen LogP contribution in [0.3, 0.4) is 0 Å². The average Bonchev–Trinajstić information content (AvgIpc) is 2.17. The molecule has 1 aliphatic heterocycles. The topological polar surface area (TPSA) is 41.3 Å². The van der Waals surface area contributed by atoms with Crippen LogP contribution in [0.4, 0.5) is 0 Å². The predicted octanol–water partition coefficient (Wildman–Crippen LogP) is 1.19. The summed E-state index contributed by atoms with van der Waals surface area (Å²) in [5.74, 6) is 0. The predicted molar refractivity (Wildman–Crippen MR) is 66.0 cm³/mol. The molecule has 0 spiro atoms. The summed E-state index contributed by atoms with van der Waals surface area (Å²) in [6.45, 7) is 12.2. The van der Waals surface area contributed by atoms with Crippen LogP contribution < -0.4 is 11.1 Å². The highest BCUT2D eigenvalue weighted by molar-refractivity contribution is 4.85. The number of rotatable bonds is 3. The summed E-state index contributed by atoms with van der Waals surface area (Å²) in [7, 11) is 0. The minimum absolute atomic E-state index is 0.324. The van der Waals surface area contributed by atoms with Crippen LogP contribution in [-0.4, -0.2) is 42.2 Å². The number of hydrogen-bond acceptors (Lipinski definition) is 3. The quantitative estimate of drug-likeness (QED) is 0.740. The van der Waals surface area contributed by atoms with Crippen molar-refractivity contribution in [3.63, 3.8) is 0 Å². The van der Waals surface area contributed by atoms with Crippen molar-refractivity contribution in [1.82, 2.24) is 10.2 Å². The van der Waals surface area contributed by atoms with Crippen molar-refractivity contribution in [3.8, 4) is 0 Å². The van der Waals surface area contributed by atoms with Crippen LogP contribution in [0.5, 0.6) is 0 Å². The normalized spacial score (nSPS) is 23.0. The summed E-state index contributed by atoms with van der Waals surface area (Å²) >= 11 is 0. The molecule has 3 heteroatoms. The lowest BCUT2D eigenvalue weighted by atomic mass is 9.97. The third kappa shape index (κ3) is 4.09. The van der Waals surface area contributed by atoms with E-state index in [4.69, 9.17) is 5.73 Å². The first-order valence-corrected chi connectivity index (χ1v) is 6.14.